The van der Waals surface area contributed by atoms with Crippen LogP contribution in [0.1, 0.15) is 49.8 Å². The van der Waals surface area contributed by atoms with Crippen molar-refractivity contribution >= 4 is 0 Å². The quantitative estimate of drug-likeness (QED) is 0.836. The standard InChI is InChI=1S/C22H25NO/c1-18(20-12-6-3-7-13-20)23-21-14-8-9-16-22(21,24)17-15-19-10-4-2-5-11-19/h2-7,10-13,18,21,23-24H,8-9,14,16H2,1H3/t18-,21+,22-/m0/s1. The molecule has 1 fully saturated rings. The second kappa shape index (κ2) is 7.66. The molecule has 0 heterocycles. The lowest BCUT2D eigenvalue weighted by molar-refractivity contribution is 0.0221. The third-order valence-corrected chi connectivity index (χ3v) is 4.83. The molecule has 0 saturated heterocycles. The van der Waals surface area contributed by atoms with E-state index in [0.717, 1.165) is 31.2 Å². The maximum absolute atomic E-state index is 11.2. The summed E-state index contributed by atoms with van der Waals surface area (Å²) in [5, 5.41) is 14.8. The Morgan fingerprint density at radius 2 is 1.71 bits per heavy atom. The van der Waals surface area contributed by atoms with E-state index in [-0.39, 0.29) is 12.1 Å². The van der Waals surface area contributed by atoms with Gasteiger partial charge < -0.3 is 10.4 Å². The molecule has 0 amide bonds. The van der Waals surface area contributed by atoms with E-state index in [1.807, 2.05) is 36.4 Å². The largest absolute Gasteiger partial charge is 0.376 e. The highest BCUT2D eigenvalue weighted by Gasteiger charge is 2.38. The molecule has 3 rings (SSSR count). The van der Waals surface area contributed by atoms with Crippen molar-refractivity contribution in [1.29, 1.82) is 0 Å². The fourth-order valence-electron chi connectivity index (χ4n) is 3.37. The molecular weight excluding hydrogens is 294 g/mol. The zero-order valence-electron chi connectivity index (χ0n) is 14.2. The van der Waals surface area contributed by atoms with E-state index in [1.165, 1.54) is 5.56 Å². The molecule has 2 heteroatoms. The van der Waals surface area contributed by atoms with Gasteiger partial charge >= 0.3 is 0 Å². The van der Waals surface area contributed by atoms with Crippen LogP contribution in [0.2, 0.25) is 0 Å². The topological polar surface area (TPSA) is 32.3 Å². The summed E-state index contributed by atoms with van der Waals surface area (Å²) in [4.78, 5) is 0. The van der Waals surface area contributed by atoms with Crippen molar-refractivity contribution in [2.45, 2.75) is 50.3 Å². The molecule has 0 spiro atoms. The molecule has 2 aromatic rings. The van der Waals surface area contributed by atoms with Gasteiger partial charge in [0.1, 0.15) is 5.60 Å². The first kappa shape index (κ1) is 16.8. The van der Waals surface area contributed by atoms with Crippen molar-refractivity contribution in [3.05, 3.63) is 71.8 Å². The van der Waals surface area contributed by atoms with Gasteiger partial charge in [-0.05, 0) is 43.9 Å². The van der Waals surface area contributed by atoms with Gasteiger partial charge in [-0.1, -0.05) is 66.8 Å². The summed E-state index contributed by atoms with van der Waals surface area (Å²) in [5.74, 6) is 6.32. The average molecular weight is 319 g/mol. The number of nitrogens with one attached hydrogen (secondary N) is 1. The summed E-state index contributed by atoms with van der Waals surface area (Å²) >= 11 is 0. The predicted octanol–water partition coefficient (Wildman–Crippen LogP) is 4.06. The molecule has 0 aliphatic heterocycles. The molecule has 24 heavy (non-hydrogen) atoms. The van der Waals surface area contributed by atoms with Crippen LogP contribution in [0.5, 0.6) is 0 Å². The first-order valence-electron chi connectivity index (χ1n) is 8.79. The summed E-state index contributed by atoms with van der Waals surface area (Å²) in [7, 11) is 0. The Morgan fingerprint density at radius 3 is 2.42 bits per heavy atom. The van der Waals surface area contributed by atoms with Crippen molar-refractivity contribution in [1.82, 2.24) is 5.32 Å². The summed E-state index contributed by atoms with van der Waals surface area (Å²) in [6, 6.07) is 20.4. The van der Waals surface area contributed by atoms with Crippen LogP contribution < -0.4 is 5.32 Å². The molecule has 2 aromatic carbocycles. The zero-order chi connectivity index (χ0) is 16.8. The number of hydrogen-bond acceptors (Lipinski definition) is 2. The molecule has 0 radical (unpaired) electrons. The van der Waals surface area contributed by atoms with Gasteiger partial charge in [-0.2, -0.15) is 0 Å². The molecule has 2 nitrogen and oxygen atoms in total. The molecule has 1 saturated carbocycles. The molecule has 0 aromatic heterocycles. The lowest BCUT2D eigenvalue weighted by atomic mass is 9.80. The van der Waals surface area contributed by atoms with Crippen LogP contribution in [0.15, 0.2) is 60.7 Å². The minimum atomic E-state index is -0.961. The molecule has 0 unspecified atom stereocenters. The minimum Gasteiger partial charge on any atom is -0.376 e. The SMILES string of the molecule is C[C@H](N[C@@H]1CCCC[C@]1(O)C#Cc1ccccc1)c1ccccc1. The van der Waals surface area contributed by atoms with Gasteiger partial charge in [0.2, 0.25) is 0 Å². The predicted molar refractivity (Wildman–Crippen MR) is 98.5 cm³/mol. The van der Waals surface area contributed by atoms with Crippen molar-refractivity contribution in [3.8, 4) is 11.8 Å². The van der Waals surface area contributed by atoms with Crippen LogP contribution in [-0.4, -0.2) is 16.7 Å². The van der Waals surface area contributed by atoms with Gasteiger partial charge in [0.05, 0.1) is 0 Å². The highest BCUT2D eigenvalue weighted by molar-refractivity contribution is 5.37. The van der Waals surface area contributed by atoms with E-state index in [0.29, 0.717) is 0 Å². The monoisotopic (exact) mass is 319 g/mol. The molecule has 3 atom stereocenters. The Bertz CT molecular complexity index is 701. The van der Waals surface area contributed by atoms with Crippen LogP contribution in [0.25, 0.3) is 0 Å². The lowest BCUT2D eigenvalue weighted by Crippen LogP contribution is -2.52. The van der Waals surface area contributed by atoms with Gasteiger partial charge in [0.15, 0.2) is 0 Å². The Labute approximate surface area is 144 Å². The highest BCUT2D eigenvalue weighted by Crippen LogP contribution is 2.30. The number of hydrogen-bond donors (Lipinski definition) is 2. The third kappa shape index (κ3) is 4.06. The van der Waals surface area contributed by atoms with E-state index in [4.69, 9.17) is 0 Å². The second-order valence-electron chi connectivity index (χ2n) is 6.64. The van der Waals surface area contributed by atoms with E-state index < -0.39 is 5.60 Å². The molecule has 124 valence electrons. The third-order valence-electron chi connectivity index (χ3n) is 4.83. The van der Waals surface area contributed by atoms with Crippen molar-refractivity contribution in [2.24, 2.45) is 0 Å². The fourth-order valence-corrected chi connectivity index (χ4v) is 3.37. The smallest absolute Gasteiger partial charge is 0.141 e. The summed E-state index contributed by atoms with van der Waals surface area (Å²) < 4.78 is 0. The Kier molecular flexibility index (Phi) is 5.35. The Hall–Kier alpha value is -2.08. The van der Waals surface area contributed by atoms with Crippen LogP contribution in [-0.2, 0) is 0 Å². The molecule has 2 N–H and O–H groups in total. The number of benzene rings is 2. The maximum atomic E-state index is 11.2. The fraction of sp³-hybridized carbons (Fsp3) is 0.364. The lowest BCUT2D eigenvalue weighted by Gasteiger charge is -2.38. The maximum Gasteiger partial charge on any atom is 0.141 e. The van der Waals surface area contributed by atoms with Crippen molar-refractivity contribution in [2.75, 3.05) is 0 Å². The van der Waals surface area contributed by atoms with E-state index in [1.54, 1.807) is 0 Å². The average Bonchev–Trinajstić information content (AvgIpc) is 2.64. The van der Waals surface area contributed by atoms with E-state index in [2.05, 4.69) is 48.3 Å². The number of aliphatic hydroxyl groups is 1. The van der Waals surface area contributed by atoms with Gasteiger partial charge in [0, 0.05) is 17.6 Å². The molecule has 1 aliphatic rings. The van der Waals surface area contributed by atoms with Gasteiger partial charge in [0.25, 0.3) is 0 Å². The van der Waals surface area contributed by atoms with Gasteiger partial charge in [-0.25, -0.2) is 0 Å². The van der Waals surface area contributed by atoms with Gasteiger partial charge in [-0.15, -0.1) is 0 Å². The van der Waals surface area contributed by atoms with Crippen LogP contribution in [0, 0.1) is 11.8 Å². The summed E-state index contributed by atoms with van der Waals surface area (Å²) in [6.45, 7) is 2.15. The summed E-state index contributed by atoms with van der Waals surface area (Å²) in [6.07, 6.45) is 3.84. The molecule has 1 aliphatic carbocycles. The minimum absolute atomic E-state index is 0.00216. The van der Waals surface area contributed by atoms with Crippen LogP contribution in [0.3, 0.4) is 0 Å². The van der Waals surface area contributed by atoms with Crippen LogP contribution in [0.4, 0.5) is 0 Å². The Balaban J connectivity index is 1.76. The van der Waals surface area contributed by atoms with Crippen molar-refractivity contribution in [3.63, 3.8) is 0 Å². The summed E-state index contributed by atoms with van der Waals surface area (Å²) in [5.41, 5.74) is 1.23. The van der Waals surface area contributed by atoms with Crippen LogP contribution >= 0.6 is 0 Å². The second-order valence-corrected chi connectivity index (χ2v) is 6.64. The first-order chi connectivity index (χ1) is 11.7. The van der Waals surface area contributed by atoms with Crippen molar-refractivity contribution < 1.29 is 5.11 Å². The zero-order valence-corrected chi connectivity index (χ0v) is 14.2. The molecule has 0 bridgehead atoms. The highest BCUT2D eigenvalue weighted by atomic mass is 16.3. The van der Waals surface area contributed by atoms with E-state index in [9.17, 15) is 5.11 Å². The first-order valence-corrected chi connectivity index (χ1v) is 8.79. The van der Waals surface area contributed by atoms with Gasteiger partial charge in [-0.3, -0.25) is 0 Å². The Morgan fingerprint density at radius 1 is 1.04 bits per heavy atom. The number of rotatable bonds is 3. The van der Waals surface area contributed by atoms with E-state index >= 15 is 0 Å². The normalized spacial score (nSPS) is 24.7. The molecular formula is C22H25NO.